The molecule has 1 aliphatic carbocycles. The minimum absolute atomic E-state index is 0.282. The number of hydrogen-bond acceptors (Lipinski definition) is 0. The van der Waals surface area contributed by atoms with Crippen LogP contribution in [0.15, 0.2) is 40.9 Å². The molecule has 1 heteroatoms. The highest BCUT2D eigenvalue weighted by atomic mass is 79.9. The van der Waals surface area contributed by atoms with E-state index < -0.39 is 0 Å². The summed E-state index contributed by atoms with van der Waals surface area (Å²) in [5.41, 5.74) is 3.01. The molecular weight excluding hydrogens is 236 g/mol. The van der Waals surface area contributed by atoms with E-state index in [1.54, 1.807) is 0 Å². The van der Waals surface area contributed by atoms with Gasteiger partial charge in [-0.05, 0) is 37.5 Å². The lowest BCUT2D eigenvalue weighted by atomic mass is 9.61. The largest absolute Gasteiger partial charge is 0.0992 e. The van der Waals surface area contributed by atoms with Crippen molar-refractivity contribution in [1.29, 1.82) is 0 Å². The predicted molar refractivity (Wildman–Crippen MR) is 64.5 cm³/mol. The molecule has 0 unspecified atom stereocenters. The molecule has 74 valence electrons. The zero-order valence-corrected chi connectivity index (χ0v) is 10.1. The number of allylic oxidation sites excluding steroid dienone is 1. The summed E-state index contributed by atoms with van der Waals surface area (Å²) in [4.78, 5) is 0. The van der Waals surface area contributed by atoms with Crippen molar-refractivity contribution in [2.45, 2.75) is 31.6 Å². The van der Waals surface area contributed by atoms with Crippen LogP contribution in [0.1, 0.15) is 31.7 Å². The van der Waals surface area contributed by atoms with E-state index in [0.717, 1.165) is 0 Å². The summed E-state index contributed by atoms with van der Waals surface area (Å²) < 4.78 is 1.17. The molecule has 0 aromatic heterocycles. The quantitative estimate of drug-likeness (QED) is 0.681. The molecule has 1 aromatic rings. The SMILES string of the molecule is C=C(C)C1(c2cccc(Br)c2)CCC1. The van der Waals surface area contributed by atoms with Crippen LogP contribution in [-0.4, -0.2) is 0 Å². The van der Waals surface area contributed by atoms with Crippen LogP contribution in [0.2, 0.25) is 0 Å². The number of halogens is 1. The molecule has 0 N–H and O–H groups in total. The molecule has 1 saturated carbocycles. The van der Waals surface area contributed by atoms with E-state index in [1.165, 1.54) is 34.9 Å². The second-order valence-electron chi connectivity index (χ2n) is 4.23. The van der Waals surface area contributed by atoms with Crippen molar-refractivity contribution >= 4 is 15.9 Å². The van der Waals surface area contributed by atoms with Crippen LogP contribution in [0.3, 0.4) is 0 Å². The van der Waals surface area contributed by atoms with Crippen LogP contribution in [0.4, 0.5) is 0 Å². The van der Waals surface area contributed by atoms with Crippen LogP contribution in [-0.2, 0) is 5.41 Å². The van der Waals surface area contributed by atoms with Gasteiger partial charge in [0.05, 0.1) is 0 Å². The highest BCUT2D eigenvalue weighted by Gasteiger charge is 2.39. The van der Waals surface area contributed by atoms with Crippen LogP contribution in [0.25, 0.3) is 0 Å². The van der Waals surface area contributed by atoms with Crippen molar-refractivity contribution in [2.75, 3.05) is 0 Å². The van der Waals surface area contributed by atoms with Crippen molar-refractivity contribution in [2.24, 2.45) is 0 Å². The maximum atomic E-state index is 4.14. The summed E-state index contributed by atoms with van der Waals surface area (Å²) in [6.45, 7) is 6.29. The Kier molecular flexibility index (Phi) is 2.52. The standard InChI is InChI=1S/C13H15Br/c1-10(2)13(7-4-8-13)11-5-3-6-12(14)9-11/h3,5-6,9H,1,4,7-8H2,2H3. The van der Waals surface area contributed by atoms with Gasteiger partial charge in [-0.25, -0.2) is 0 Å². The lowest BCUT2D eigenvalue weighted by Crippen LogP contribution is -2.34. The number of hydrogen-bond donors (Lipinski definition) is 0. The molecule has 0 heterocycles. The second kappa shape index (κ2) is 3.54. The fraction of sp³-hybridized carbons (Fsp3) is 0.385. The summed E-state index contributed by atoms with van der Waals surface area (Å²) in [6, 6.07) is 8.64. The average molecular weight is 251 g/mol. The first-order chi connectivity index (χ1) is 6.65. The smallest absolute Gasteiger partial charge is 0.0178 e. The average Bonchev–Trinajstić information content (AvgIpc) is 2.00. The third-order valence-electron chi connectivity index (χ3n) is 3.40. The van der Waals surface area contributed by atoms with Crippen molar-refractivity contribution in [1.82, 2.24) is 0 Å². The van der Waals surface area contributed by atoms with E-state index in [1.807, 2.05) is 0 Å². The Morgan fingerprint density at radius 2 is 2.14 bits per heavy atom. The zero-order valence-electron chi connectivity index (χ0n) is 8.52. The Morgan fingerprint density at radius 3 is 2.57 bits per heavy atom. The molecule has 0 bridgehead atoms. The Labute approximate surface area is 94.2 Å². The Morgan fingerprint density at radius 1 is 1.43 bits per heavy atom. The predicted octanol–water partition coefficient (Wildman–Crippen LogP) is 4.45. The van der Waals surface area contributed by atoms with Crippen LogP contribution < -0.4 is 0 Å². The third kappa shape index (κ3) is 1.44. The molecule has 1 aliphatic rings. The molecule has 1 aromatic carbocycles. The van der Waals surface area contributed by atoms with Gasteiger partial charge in [-0.1, -0.05) is 46.6 Å². The van der Waals surface area contributed by atoms with Crippen molar-refractivity contribution in [3.63, 3.8) is 0 Å². The van der Waals surface area contributed by atoms with E-state index in [9.17, 15) is 0 Å². The molecule has 0 radical (unpaired) electrons. The molecule has 14 heavy (non-hydrogen) atoms. The molecule has 0 saturated heterocycles. The van der Waals surface area contributed by atoms with Gasteiger partial charge < -0.3 is 0 Å². The van der Waals surface area contributed by atoms with Crippen molar-refractivity contribution in [3.05, 3.63) is 46.5 Å². The topological polar surface area (TPSA) is 0 Å². The molecular formula is C13H15Br. The highest BCUT2D eigenvalue weighted by Crippen LogP contribution is 2.48. The van der Waals surface area contributed by atoms with Gasteiger partial charge in [0.1, 0.15) is 0 Å². The monoisotopic (exact) mass is 250 g/mol. The molecule has 1 fully saturated rings. The highest BCUT2D eigenvalue weighted by molar-refractivity contribution is 9.10. The molecule has 0 spiro atoms. The van der Waals surface area contributed by atoms with Gasteiger partial charge in [-0.15, -0.1) is 0 Å². The minimum atomic E-state index is 0.282. The zero-order chi connectivity index (χ0) is 10.2. The first-order valence-electron chi connectivity index (χ1n) is 5.07. The number of benzene rings is 1. The van der Waals surface area contributed by atoms with Gasteiger partial charge in [0.25, 0.3) is 0 Å². The lowest BCUT2D eigenvalue weighted by Gasteiger charge is -2.43. The van der Waals surface area contributed by atoms with Gasteiger partial charge in [0.15, 0.2) is 0 Å². The molecule has 0 amide bonds. The fourth-order valence-corrected chi connectivity index (χ4v) is 2.68. The van der Waals surface area contributed by atoms with E-state index in [-0.39, 0.29) is 5.41 Å². The fourth-order valence-electron chi connectivity index (χ4n) is 2.28. The Hall–Kier alpha value is -0.560. The van der Waals surface area contributed by atoms with Crippen molar-refractivity contribution < 1.29 is 0 Å². The Balaban J connectivity index is 2.42. The summed E-state index contributed by atoms with van der Waals surface area (Å²) >= 11 is 3.53. The van der Waals surface area contributed by atoms with Crippen molar-refractivity contribution in [3.8, 4) is 0 Å². The Bertz CT molecular complexity index is 361. The van der Waals surface area contributed by atoms with Crippen LogP contribution in [0.5, 0.6) is 0 Å². The summed E-state index contributed by atoms with van der Waals surface area (Å²) in [5.74, 6) is 0. The van der Waals surface area contributed by atoms with Gasteiger partial charge in [-0.3, -0.25) is 0 Å². The second-order valence-corrected chi connectivity index (χ2v) is 5.14. The maximum absolute atomic E-state index is 4.14. The maximum Gasteiger partial charge on any atom is 0.0178 e. The molecule has 0 nitrogen and oxygen atoms in total. The van der Waals surface area contributed by atoms with Gasteiger partial charge in [-0.2, -0.15) is 0 Å². The summed E-state index contributed by atoms with van der Waals surface area (Å²) in [7, 11) is 0. The summed E-state index contributed by atoms with van der Waals surface area (Å²) in [6.07, 6.45) is 3.86. The normalized spacial score (nSPS) is 18.7. The molecule has 0 atom stereocenters. The molecule has 0 aliphatic heterocycles. The van der Waals surface area contributed by atoms with Gasteiger partial charge >= 0.3 is 0 Å². The van der Waals surface area contributed by atoms with Gasteiger partial charge in [0, 0.05) is 9.89 Å². The number of rotatable bonds is 2. The van der Waals surface area contributed by atoms with Crippen LogP contribution in [0, 0.1) is 0 Å². The van der Waals surface area contributed by atoms with Crippen LogP contribution >= 0.6 is 15.9 Å². The lowest BCUT2D eigenvalue weighted by molar-refractivity contribution is 0.295. The van der Waals surface area contributed by atoms with E-state index in [4.69, 9.17) is 0 Å². The van der Waals surface area contributed by atoms with E-state index in [2.05, 4.69) is 53.7 Å². The summed E-state index contributed by atoms with van der Waals surface area (Å²) in [5, 5.41) is 0. The van der Waals surface area contributed by atoms with E-state index in [0.29, 0.717) is 0 Å². The third-order valence-corrected chi connectivity index (χ3v) is 3.89. The first kappa shape index (κ1) is 9.97. The minimum Gasteiger partial charge on any atom is -0.0992 e. The van der Waals surface area contributed by atoms with Gasteiger partial charge in [0.2, 0.25) is 0 Å². The van der Waals surface area contributed by atoms with E-state index >= 15 is 0 Å². The molecule has 2 rings (SSSR count). The first-order valence-corrected chi connectivity index (χ1v) is 5.86.